The number of anilines is 1. The molecule has 0 aliphatic carbocycles. The highest BCUT2D eigenvalue weighted by molar-refractivity contribution is 5.80. The van der Waals surface area contributed by atoms with Crippen molar-refractivity contribution in [2.45, 2.75) is 39.5 Å². The van der Waals surface area contributed by atoms with Crippen molar-refractivity contribution in [3.05, 3.63) is 23.7 Å². The molecular formula is C23H34N6O2. The van der Waals surface area contributed by atoms with Crippen LogP contribution >= 0.6 is 0 Å². The summed E-state index contributed by atoms with van der Waals surface area (Å²) < 4.78 is 5.38. The molecule has 0 bridgehead atoms. The summed E-state index contributed by atoms with van der Waals surface area (Å²) in [7, 11) is 0. The molecule has 2 aliphatic heterocycles. The number of aryl methyl sites for hydroxylation is 2. The van der Waals surface area contributed by atoms with Gasteiger partial charge in [0, 0.05) is 39.3 Å². The van der Waals surface area contributed by atoms with Gasteiger partial charge >= 0.3 is 0 Å². The highest BCUT2D eigenvalue weighted by atomic mass is 16.5. The van der Waals surface area contributed by atoms with Crippen LogP contribution in [0.1, 0.15) is 38.1 Å². The average Bonchev–Trinajstić information content (AvgIpc) is 2.83. The van der Waals surface area contributed by atoms with Crippen molar-refractivity contribution in [3.8, 4) is 0 Å². The molecule has 2 aliphatic rings. The summed E-state index contributed by atoms with van der Waals surface area (Å²) in [5.41, 5.74) is 4.64. The number of rotatable bonds is 7. The number of carbonyl (C=O) groups is 1. The number of pyridine rings is 1. The second-order valence-electron chi connectivity index (χ2n) is 8.39. The van der Waals surface area contributed by atoms with Crippen LogP contribution in [0.25, 0.3) is 11.2 Å². The minimum absolute atomic E-state index is 0.00823. The topological polar surface area (TPSA) is 83.5 Å². The van der Waals surface area contributed by atoms with Crippen molar-refractivity contribution in [3.63, 3.8) is 0 Å². The second-order valence-corrected chi connectivity index (χ2v) is 8.39. The molecule has 2 saturated heterocycles. The highest BCUT2D eigenvalue weighted by Gasteiger charge is 2.26. The van der Waals surface area contributed by atoms with E-state index in [-0.39, 0.29) is 11.8 Å². The summed E-state index contributed by atoms with van der Waals surface area (Å²) in [6.45, 7) is 10.9. The molecule has 4 rings (SSSR count). The Kier molecular flexibility index (Phi) is 7.29. The van der Waals surface area contributed by atoms with Crippen LogP contribution in [0.15, 0.2) is 12.3 Å². The summed E-state index contributed by atoms with van der Waals surface area (Å²) in [4.78, 5) is 31.5. The van der Waals surface area contributed by atoms with Gasteiger partial charge in [-0.05, 0) is 31.7 Å². The maximum Gasteiger partial charge on any atom is 0.224 e. The molecule has 2 aromatic rings. The molecule has 0 spiro atoms. The third-order valence-corrected chi connectivity index (χ3v) is 6.32. The minimum atomic E-state index is 0.00823. The van der Waals surface area contributed by atoms with Crippen molar-refractivity contribution in [2.75, 3.05) is 57.4 Å². The number of piperidine rings is 1. The number of nitrogens with one attached hydrogen (secondary N) is 1. The van der Waals surface area contributed by atoms with Crippen LogP contribution in [0.5, 0.6) is 0 Å². The van der Waals surface area contributed by atoms with E-state index in [2.05, 4.69) is 40.0 Å². The van der Waals surface area contributed by atoms with E-state index in [4.69, 9.17) is 14.7 Å². The number of amides is 1. The van der Waals surface area contributed by atoms with Gasteiger partial charge in [-0.15, -0.1) is 0 Å². The summed E-state index contributed by atoms with van der Waals surface area (Å²) >= 11 is 0. The lowest BCUT2D eigenvalue weighted by molar-refractivity contribution is -0.125. The van der Waals surface area contributed by atoms with Crippen molar-refractivity contribution < 1.29 is 9.53 Å². The Balaban J connectivity index is 1.38. The van der Waals surface area contributed by atoms with E-state index in [1.165, 1.54) is 0 Å². The van der Waals surface area contributed by atoms with E-state index in [1.807, 2.05) is 6.20 Å². The van der Waals surface area contributed by atoms with Crippen LogP contribution in [0.4, 0.5) is 5.69 Å². The van der Waals surface area contributed by atoms with E-state index < -0.39 is 0 Å². The maximum absolute atomic E-state index is 12.8. The molecule has 4 heterocycles. The zero-order valence-electron chi connectivity index (χ0n) is 18.8. The standard InChI is InChI=1S/C23H34N6O2/c1-3-19-20(4-2)27-22-21(26-19)14-18(15-25-22)29-8-5-6-17(16-29)23(30)24-7-9-28-10-12-31-13-11-28/h14-15,17H,3-13,16H2,1-2H3,(H,24,30). The summed E-state index contributed by atoms with van der Waals surface area (Å²) in [6.07, 6.45) is 5.54. The fourth-order valence-electron chi connectivity index (χ4n) is 4.48. The van der Waals surface area contributed by atoms with Crippen molar-refractivity contribution >= 4 is 22.8 Å². The number of aromatic nitrogens is 3. The Bertz CT molecular complexity index is 899. The van der Waals surface area contributed by atoms with E-state index in [0.29, 0.717) is 12.2 Å². The minimum Gasteiger partial charge on any atom is -0.379 e. The lowest BCUT2D eigenvalue weighted by atomic mass is 9.96. The molecule has 1 N–H and O–H groups in total. The second kappa shape index (κ2) is 10.3. The zero-order chi connectivity index (χ0) is 21.6. The first-order valence-electron chi connectivity index (χ1n) is 11.7. The number of hydrogen-bond acceptors (Lipinski definition) is 7. The lowest BCUT2D eigenvalue weighted by Gasteiger charge is -2.33. The Morgan fingerprint density at radius 3 is 2.71 bits per heavy atom. The van der Waals surface area contributed by atoms with E-state index in [0.717, 1.165) is 94.2 Å². The summed E-state index contributed by atoms with van der Waals surface area (Å²) in [6, 6.07) is 2.08. The van der Waals surface area contributed by atoms with Gasteiger partial charge in [-0.25, -0.2) is 15.0 Å². The van der Waals surface area contributed by atoms with Crippen LogP contribution in [-0.2, 0) is 22.4 Å². The van der Waals surface area contributed by atoms with Crippen molar-refractivity contribution in [1.29, 1.82) is 0 Å². The van der Waals surface area contributed by atoms with E-state index >= 15 is 0 Å². The van der Waals surface area contributed by atoms with Gasteiger partial charge in [-0.1, -0.05) is 13.8 Å². The van der Waals surface area contributed by atoms with Gasteiger partial charge in [-0.3, -0.25) is 9.69 Å². The predicted molar refractivity (Wildman–Crippen MR) is 121 cm³/mol. The van der Waals surface area contributed by atoms with Crippen molar-refractivity contribution in [2.24, 2.45) is 5.92 Å². The third-order valence-electron chi connectivity index (χ3n) is 6.32. The molecule has 0 aromatic carbocycles. The molecule has 1 unspecified atom stereocenters. The quantitative estimate of drug-likeness (QED) is 0.723. The van der Waals surface area contributed by atoms with Gasteiger partial charge in [0.2, 0.25) is 5.91 Å². The fraction of sp³-hybridized carbons (Fsp3) is 0.652. The Hall–Kier alpha value is -2.32. The molecule has 0 radical (unpaired) electrons. The van der Waals surface area contributed by atoms with Crippen LogP contribution in [0.3, 0.4) is 0 Å². The first kappa shape index (κ1) is 21.9. The molecule has 2 aromatic heterocycles. The van der Waals surface area contributed by atoms with Gasteiger partial charge in [0.15, 0.2) is 5.65 Å². The van der Waals surface area contributed by atoms with Gasteiger partial charge in [0.05, 0.1) is 42.4 Å². The maximum atomic E-state index is 12.8. The molecule has 1 atom stereocenters. The van der Waals surface area contributed by atoms with Gasteiger partial charge in [0.1, 0.15) is 5.52 Å². The number of morpholine rings is 1. The van der Waals surface area contributed by atoms with Crippen molar-refractivity contribution in [1.82, 2.24) is 25.2 Å². The number of carbonyl (C=O) groups excluding carboxylic acids is 1. The van der Waals surface area contributed by atoms with Gasteiger partial charge in [-0.2, -0.15) is 0 Å². The third kappa shape index (κ3) is 5.30. The number of hydrogen-bond donors (Lipinski definition) is 1. The normalized spacial score (nSPS) is 20.2. The molecule has 31 heavy (non-hydrogen) atoms. The molecule has 2 fully saturated rings. The summed E-state index contributed by atoms with van der Waals surface area (Å²) in [5.74, 6) is 0.168. The van der Waals surface area contributed by atoms with Gasteiger partial charge < -0.3 is 15.0 Å². The van der Waals surface area contributed by atoms with Crippen LogP contribution in [-0.4, -0.2) is 78.2 Å². The number of fused-ring (bicyclic) bond motifs is 1. The number of ether oxygens (including phenoxy) is 1. The highest BCUT2D eigenvalue weighted by Crippen LogP contribution is 2.25. The predicted octanol–water partition coefficient (Wildman–Crippen LogP) is 1.81. The Morgan fingerprint density at radius 2 is 1.94 bits per heavy atom. The molecule has 8 heteroatoms. The Morgan fingerprint density at radius 1 is 1.16 bits per heavy atom. The molecular weight excluding hydrogens is 392 g/mol. The molecule has 168 valence electrons. The van der Waals surface area contributed by atoms with Crippen LogP contribution in [0.2, 0.25) is 0 Å². The smallest absolute Gasteiger partial charge is 0.224 e. The average molecular weight is 427 g/mol. The first-order chi connectivity index (χ1) is 15.2. The summed E-state index contributed by atoms with van der Waals surface area (Å²) in [5, 5.41) is 3.14. The SMILES string of the molecule is CCc1nc2cc(N3CCCC(C(=O)NCCN4CCOCC4)C3)cnc2nc1CC. The first-order valence-corrected chi connectivity index (χ1v) is 11.7. The lowest BCUT2D eigenvalue weighted by Crippen LogP contribution is -2.46. The monoisotopic (exact) mass is 426 g/mol. The molecule has 1 amide bonds. The van der Waals surface area contributed by atoms with Gasteiger partial charge in [0.25, 0.3) is 0 Å². The van der Waals surface area contributed by atoms with E-state index in [9.17, 15) is 4.79 Å². The fourth-order valence-corrected chi connectivity index (χ4v) is 4.48. The number of nitrogens with zero attached hydrogens (tertiary/aromatic N) is 5. The van der Waals surface area contributed by atoms with E-state index in [1.54, 1.807) is 0 Å². The zero-order valence-corrected chi connectivity index (χ0v) is 18.8. The van der Waals surface area contributed by atoms with Crippen LogP contribution < -0.4 is 10.2 Å². The largest absolute Gasteiger partial charge is 0.379 e. The van der Waals surface area contributed by atoms with Crippen LogP contribution in [0, 0.1) is 5.92 Å². The molecule has 0 saturated carbocycles. The Labute approximate surface area is 184 Å². The molecule has 8 nitrogen and oxygen atoms in total.